The largest absolute Gasteiger partial charge is 0.373 e. The zero-order chi connectivity index (χ0) is 23.9. The first-order valence-corrected chi connectivity index (χ1v) is 23.2. The molecule has 2 nitrogen and oxygen atoms in total. The van der Waals surface area contributed by atoms with Crippen molar-refractivity contribution in [1.29, 1.82) is 0 Å². The van der Waals surface area contributed by atoms with Crippen molar-refractivity contribution in [3.8, 4) is 0 Å². The summed E-state index contributed by atoms with van der Waals surface area (Å²) < 4.78 is 0.406. The van der Waals surface area contributed by atoms with E-state index >= 15 is 0 Å². The third-order valence-corrected chi connectivity index (χ3v) is 22.0. The predicted octanol–water partition coefficient (Wildman–Crippen LogP) is 8.71. The Morgan fingerprint density at radius 3 is 1.72 bits per heavy atom. The minimum absolute atomic E-state index is 0.189. The maximum absolute atomic E-state index is 2.79. The molecule has 0 radical (unpaired) electrons. The fourth-order valence-corrected chi connectivity index (χ4v) is 27.8. The quantitative estimate of drug-likeness (QED) is 0.174. The summed E-state index contributed by atoms with van der Waals surface area (Å²) in [6.45, 7) is 30.3. The fraction of sp³-hybridized carbons (Fsp3) is 0.846. The van der Waals surface area contributed by atoms with Gasteiger partial charge in [-0.2, -0.15) is 0 Å². The van der Waals surface area contributed by atoms with E-state index in [1.807, 2.05) is 10.1 Å². The average Bonchev–Trinajstić information content (AvgIpc) is 2.84. The standard InChI is InChI=1S/C26H51N2PSSi2/c1-11-27(12-2)23-25(28(13-3)14-4)29-26(23,32(8,9)10)24(31(5,6)7)22(30-29)21-19-17-15-16-18-20-21/h21H,11-20H2,1-10H3. The van der Waals surface area contributed by atoms with Crippen LogP contribution in [0.2, 0.25) is 39.3 Å². The minimum atomic E-state index is -1.53. The topological polar surface area (TPSA) is 6.48 Å². The van der Waals surface area contributed by atoms with Crippen LogP contribution in [0.4, 0.5) is 0 Å². The lowest BCUT2D eigenvalue weighted by Crippen LogP contribution is -2.64. The Balaban J connectivity index is 2.30. The molecule has 0 aromatic heterocycles. The molecule has 184 valence electrons. The first kappa shape index (κ1) is 26.9. The molecule has 0 saturated heterocycles. The second-order valence-electron chi connectivity index (χ2n) is 12.0. The van der Waals surface area contributed by atoms with Gasteiger partial charge in [-0.05, 0) is 51.4 Å². The van der Waals surface area contributed by atoms with Crippen LogP contribution >= 0.6 is 18.5 Å². The van der Waals surface area contributed by atoms with Gasteiger partial charge in [0.2, 0.25) is 0 Å². The molecule has 0 bridgehead atoms. The predicted molar refractivity (Wildman–Crippen MR) is 155 cm³/mol. The van der Waals surface area contributed by atoms with Crippen molar-refractivity contribution < 1.29 is 0 Å². The van der Waals surface area contributed by atoms with E-state index in [1.54, 1.807) is 11.1 Å². The molecule has 0 N–H and O–H groups in total. The van der Waals surface area contributed by atoms with Gasteiger partial charge in [-0.25, -0.2) is 0 Å². The molecule has 0 aromatic carbocycles. The average molecular weight is 511 g/mol. The van der Waals surface area contributed by atoms with Crippen molar-refractivity contribution in [2.24, 2.45) is 5.92 Å². The van der Waals surface area contributed by atoms with Crippen LogP contribution in [-0.4, -0.2) is 56.9 Å². The monoisotopic (exact) mass is 510 g/mol. The summed E-state index contributed by atoms with van der Waals surface area (Å²) in [5.41, 5.74) is 3.57. The van der Waals surface area contributed by atoms with E-state index in [0.29, 0.717) is 4.78 Å². The van der Waals surface area contributed by atoms with Crippen molar-refractivity contribution >= 4 is 34.7 Å². The smallest absolute Gasteiger partial charge is 0.0748 e. The Hall–Kier alpha value is 0.294. The third kappa shape index (κ3) is 4.24. The van der Waals surface area contributed by atoms with Gasteiger partial charge in [-0.1, -0.05) is 81.5 Å². The molecular formula is C26H51N2PSSi2. The van der Waals surface area contributed by atoms with E-state index in [2.05, 4.69) is 88.2 Å². The zero-order valence-electron chi connectivity index (χ0n) is 22.9. The van der Waals surface area contributed by atoms with Crippen molar-refractivity contribution in [3.05, 3.63) is 21.2 Å². The lowest BCUT2D eigenvalue weighted by atomic mass is 9.98. The van der Waals surface area contributed by atoms with E-state index in [4.69, 9.17) is 0 Å². The van der Waals surface area contributed by atoms with Crippen molar-refractivity contribution in [3.63, 3.8) is 0 Å². The Kier molecular flexibility index (Phi) is 8.50. The van der Waals surface area contributed by atoms with Crippen molar-refractivity contribution in [2.45, 2.75) is 110 Å². The Morgan fingerprint density at radius 2 is 1.31 bits per heavy atom. The van der Waals surface area contributed by atoms with Gasteiger partial charge in [-0.3, -0.25) is 0 Å². The Morgan fingerprint density at radius 1 is 0.812 bits per heavy atom. The van der Waals surface area contributed by atoms with Gasteiger partial charge in [0, 0.05) is 33.3 Å². The van der Waals surface area contributed by atoms with E-state index in [1.165, 1.54) is 38.5 Å². The van der Waals surface area contributed by atoms with Crippen molar-refractivity contribution in [2.75, 3.05) is 26.2 Å². The fourth-order valence-electron chi connectivity index (χ4n) is 6.59. The molecule has 2 atom stereocenters. The van der Waals surface area contributed by atoms with Crippen LogP contribution in [0, 0.1) is 5.92 Å². The number of fused-ring (bicyclic) bond motifs is 1. The van der Waals surface area contributed by atoms with Crippen molar-refractivity contribution in [1.82, 2.24) is 9.80 Å². The molecule has 1 fully saturated rings. The van der Waals surface area contributed by atoms with Crippen LogP contribution in [0.3, 0.4) is 0 Å². The summed E-state index contributed by atoms with van der Waals surface area (Å²) >= 11 is 2.43. The number of hydrogen-bond acceptors (Lipinski definition) is 3. The SMILES string of the molecule is CCN(CC)C1=C(N(CC)CC)C2([Si](C)(C)C)C([Si](C)(C)C)=C(C3CCCCCC3)SP12. The van der Waals surface area contributed by atoms with Gasteiger partial charge in [0.15, 0.2) is 0 Å². The lowest BCUT2D eigenvalue weighted by molar-refractivity contribution is 0.321. The molecule has 2 heterocycles. The minimum Gasteiger partial charge on any atom is -0.373 e. The first-order valence-electron chi connectivity index (χ1n) is 13.5. The van der Waals surface area contributed by atoms with E-state index < -0.39 is 16.1 Å². The zero-order valence-corrected chi connectivity index (χ0v) is 26.6. The Bertz CT molecular complexity index is 736. The summed E-state index contributed by atoms with van der Waals surface area (Å²) in [6, 6.07) is 0. The number of hydrogen-bond donors (Lipinski definition) is 0. The molecule has 3 aliphatic rings. The van der Waals surface area contributed by atoms with E-state index in [-0.39, 0.29) is 7.12 Å². The van der Waals surface area contributed by atoms with Gasteiger partial charge in [0.25, 0.3) is 0 Å². The molecule has 1 aliphatic carbocycles. The highest BCUT2D eigenvalue weighted by Gasteiger charge is 2.70. The molecule has 0 spiro atoms. The van der Waals surface area contributed by atoms with E-state index in [9.17, 15) is 0 Å². The molecule has 32 heavy (non-hydrogen) atoms. The summed E-state index contributed by atoms with van der Waals surface area (Å²) in [5, 5.41) is 2.03. The van der Waals surface area contributed by atoms with Gasteiger partial charge in [-0.15, -0.1) is 0 Å². The normalized spacial score (nSPS) is 27.4. The second-order valence-corrected chi connectivity index (χ2v) is 26.7. The first-order chi connectivity index (χ1) is 15.0. The molecule has 6 heteroatoms. The van der Waals surface area contributed by atoms with E-state index in [0.717, 1.165) is 32.1 Å². The molecule has 3 rings (SSSR count). The highest BCUT2D eigenvalue weighted by atomic mass is 32.7. The summed E-state index contributed by atoms with van der Waals surface area (Å²) in [6.07, 6.45) is 8.71. The van der Waals surface area contributed by atoms with Crippen LogP contribution in [0.5, 0.6) is 0 Å². The summed E-state index contributed by atoms with van der Waals surface area (Å²) in [5.74, 6) is 0.849. The molecular weight excluding hydrogens is 460 g/mol. The maximum atomic E-state index is 2.79. The highest BCUT2D eigenvalue weighted by molar-refractivity contribution is 8.60. The Labute approximate surface area is 207 Å². The van der Waals surface area contributed by atoms with Gasteiger partial charge in [0.1, 0.15) is 0 Å². The van der Waals surface area contributed by atoms with Crippen LogP contribution in [0.15, 0.2) is 21.2 Å². The highest BCUT2D eigenvalue weighted by Crippen LogP contribution is 2.88. The number of allylic oxidation sites excluding steroid dienone is 2. The molecule has 2 unspecified atom stereocenters. The van der Waals surface area contributed by atoms with Crippen LogP contribution < -0.4 is 0 Å². The van der Waals surface area contributed by atoms with Gasteiger partial charge in [0.05, 0.1) is 32.1 Å². The van der Waals surface area contributed by atoms with Gasteiger partial charge >= 0.3 is 0 Å². The van der Waals surface area contributed by atoms with Crippen LogP contribution in [-0.2, 0) is 0 Å². The lowest BCUT2D eigenvalue weighted by Gasteiger charge is -2.62. The molecule has 2 aliphatic heterocycles. The van der Waals surface area contributed by atoms with Crippen LogP contribution in [0.1, 0.15) is 66.2 Å². The third-order valence-electron chi connectivity index (χ3n) is 8.05. The summed E-state index contributed by atoms with van der Waals surface area (Å²) in [4.78, 5) is 7.47. The van der Waals surface area contributed by atoms with Gasteiger partial charge < -0.3 is 9.80 Å². The number of rotatable bonds is 9. The molecule has 0 aromatic rings. The molecule has 1 saturated carbocycles. The van der Waals surface area contributed by atoms with Crippen LogP contribution in [0.25, 0.3) is 0 Å². The number of nitrogens with zero attached hydrogens (tertiary/aromatic N) is 2. The summed E-state index contributed by atoms with van der Waals surface area (Å²) in [7, 11) is -3.21. The maximum Gasteiger partial charge on any atom is 0.0748 e. The molecule has 0 amide bonds. The second kappa shape index (κ2) is 10.1.